The van der Waals surface area contributed by atoms with Crippen molar-refractivity contribution in [3.63, 3.8) is 0 Å². The molecule has 1 N–H and O–H groups in total. The van der Waals surface area contributed by atoms with Gasteiger partial charge in [0.05, 0.1) is 5.92 Å². The molecule has 2 nitrogen and oxygen atoms in total. The van der Waals surface area contributed by atoms with E-state index in [1.54, 1.807) is 0 Å². The van der Waals surface area contributed by atoms with Gasteiger partial charge in [0, 0.05) is 27.3 Å². The summed E-state index contributed by atoms with van der Waals surface area (Å²) >= 11 is 0. The summed E-state index contributed by atoms with van der Waals surface area (Å²) in [4.78, 5) is 10.7. The van der Waals surface area contributed by atoms with Crippen LogP contribution in [0.5, 0.6) is 0 Å². The average Bonchev–Trinajstić information content (AvgIpc) is 1.85. The first-order valence-corrected chi connectivity index (χ1v) is 4.34. The molecule has 0 aliphatic heterocycles. The minimum absolute atomic E-state index is 0. The fourth-order valence-electron chi connectivity index (χ4n) is 2.03. The smallest absolute Gasteiger partial charge is 0.306 e. The molecule has 0 spiro atoms. The fourth-order valence-corrected chi connectivity index (χ4v) is 2.03. The molecular weight excluding hydrogens is 253 g/mol. The zero-order valence-corrected chi connectivity index (χ0v) is 12.0. The van der Waals surface area contributed by atoms with Crippen molar-refractivity contribution >= 4 is 5.97 Å². The van der Waals surface area contributed by atoms with Gasteiger partial charge in [-0.2, -0.15) is 0 Å². The Hall–Kier alpha value is 0.392. The monoisotopic (exact) mass is 270 g/mol. The van der Waals surface area contributed by atoms with Crippen molar-refractivity contribution in [2.24, 2.45) is 17.8 Å². The molecule has 0 heterocycles. The molecular formula is C9H16CdO2. The van der Waals surface area contributed by atoms with Crippen molar-refractivity contribution in [3.8, 4) is 0 Å². The van der Waals surface area contributed by atoms with Crippen LogP contribution in [0, 0.1) is 17.8 Å². The van der Waals surface area contributed by atoms with Gasteiger partial charge in [-0.25, -0.2) is 0 Å². The van der Waals surface area contributed by atoms with Crippen molar-refractivity contribution in [1.82, 2.24) is 0 Å². The Morgan fingerprint density at radius 1 is 1.33 bits per heavy atom. The summed E-state index contributed by atoms with van der Waals surface area (Å²) in [5, 5.41) is 8.79. The van der Waals surface area contributed by atoms with Crippen molar-refractivity contribution in [1.29, 1.82) is 0 Å². The molecule has 1 saturated carbocycles. The largest absolute Gasteiger partial charge is 0.481 e. The van der Waals surface area contributed by atoms with Crippen molar-refractivity contribution in [2.45, 2.75) is 33.1 Å². The minimum Gasteiger partial charge on any atom is -0.481 e. The van der Waals surface area contributed by atoms with E-state index in [9.17, 15) is 4.79 Å². The molecule has 0 saturated heterocycles. The van der Waals surface area contributed by atoms with E-state index in [2.05, 4.69) is 13.8 Å². The van der Waals surface area contributed by atoms with Gasteiger partial charge in [-0.05, 0) is 31.1 Å². The number of hydrogen-bond acceptors (Lipinski definition) is 1. The number of carbonyl (C=O) groups is 1. The van der Waals surface area contributed by atoms with Crippen molar-refractivity contribution < 1.29 is 37.2 Å². The average molecular weight is 269 g/mol. The first-order chi connectivity index (χ1) is 5.11. The minimum atomic E-state index is -0.607. The van der Waals surface area contributed by atoms with Gasteiger partial charge >= 0.3 is 5.97 Å². The number of carboxylic acid groups (broad SMARTS) is 1. The summed E-state index contributed by atoms with van der Waals surface area (Å²) in [5.41, 5.74) is 0. The van der Waals surface area contributed by atoms with Gasteiger partial charge in [0.1, 0.15) is 0 Å². The molecule has 0 bridgehead atoms. The first kappa shape index (κ1) is 12.4. The van der Waals surface area contributed by atoms with Crippen LogP contribution in [0.3, 0.4) is 0 Å². The standard InChI is InChI=1S/C9H16O2.Cd/c1-6-3-4-8(9(10)11)7(2)5-6;/h6-8H,3-5H2,1-2H3,(H,10,11);. The van der Waals surface area contributed by atoms with Crippen LogP contribution < -0.4 is 0 Å². The summed E-state index contributed by atoms with van der Waals surface area (Å²) in [7, 11) is 0. The van der Waals surface area contributed by atoms with E-state index in [1.807, 2.05) is 0 Å². The molecule has 1 rings (SSSR count). The molecule has 0 aromatic rings. The Bertz CT molecular complexity index is 159. The maximum absolute atomic E-state index is 10.7. The predicted molar refractivity (Wildman–Crippen MR) is 43.3 cm³/mol. The van der Waals surface area contributed by atoms with Gasteiger partial charge in [-0.15, -0.1) is 0 Å². The Morgan fingerprint density at radius 2 is 1.92 bits per heavy atom. The van der Waals surface area contributed by atoms with Gasteiger partial charge in [-0.1, -0.05) is 13.8 Å². The summed E-state index contributed by atoms with van der Waals surface area (Å²) < 4.78 is 0. The maximum Gasteiger partial charge on any atom is 0.306 e. The van der Waals surface area contributed by atoms with Crippen LogP contribution in [-0.4, -0.2) is 11.1 Å². The summed E-state index contributed by atoms with van der Waals surface area (Å²) in [6.45, 7) is 4.25. The Balaban J connectivity index is 0.00000121. The molecule has 3 heteroatoms. The zero-order valence-electron chi connectivity index (χ0n) is 7.92. The third-order valence-electron chi connectivity index (χ3n) is 2.75. The van der Waals surface area contributed by atoms with Crippen LogP contribution in [0.2, 0.25) is 0 Å². The zero-order chi connectivity index (χ0) is 8.43. The van der Waals surface area contributed by atoms with E-state index in [1.165, 1.54) is 0 Å². The normalized spacial score (nSPS) is 35.3. The molecule has 0 radical (unpaired) electrons. The quantitative estimate of drug-likeness (QED) is 0.740. The number of hydrogen-bond donors (Lipinski definition) is 1. The predicted octanol–water partition coefficient (Wildman–Crippen LogP) is 2.14. The second-order valence-corrected chi connectivity index (χ2v) is 3.84. The molecule has 1 fully saturated rings. The maximum atomic E-state index is 10.7. The van der Waals surface area contributed by atoms with Gasteiger partial charge in [0.15, 0.2) is 0 Å². The topological polar surface area (TPSA) is 37.3 Å². The van der Waals surface area contributed by atoms with Crippen LogP contribution in [0.25, 0.3) is 0 Å². The van der Waals surface area contributed by atoms with Gasteiger partial charge in [0.25, 0.3) is 0 Å². The molecule has 0 amide bonds. The van der Waals surface area contributed by atoms with Crippen LogP contribution in [-0.2, 0) is 32.1 Å². The second kappa shape index (κ2) is 5.19. The van der Waals surface area contributed by atoms with Crippen LogP contribution in [0.15, 0.2) is 0 Å². The number of rotatable bonds is 1. The van der Waals surface area contributed by atoms with Crippen molar-refractivity contribution in [2.75, 3.05) is 0 Å². The van der Waals surface area contributed by atoms with Crippen LogP contribution in [0.1, 0.15) is 33.1 Å². The third-order valence-corrected chi connectivity index (χ3v) is 2.75. The molecule has 1 aliphatic rings. The van der Waals surface area contributed by atoms with E-state index >= 15 is 0 Å². The second-order valence-electron chi connectivity index (χ2n) is 3.84. The Labute approximate surface area is 93.9 Å². The molecule has 66 valence electrons. The molecule has 0 aromatic heterocycles. The fraction of sp³-hybridized carbons (Fsp3) is 0.889. The molecule has 12 heavy (non-hydrogen) atoms. The summed E-state index contributed by atoms with van der Waals surface area (Å²) in [5.74, 6) is 0.410. The van der Waals surface area contributed by atoms with E-state index in [4.69, 9.17) is 5.11 Å². The van der Waals surface area contributed by atoms with E-state index < -0.39 is 5.97 Å². The van der Waals surface area contributed by atoms with E-state index in [0.717, 1.165) is 25.2 Å². The molecule has 1 aliphatic carbocycles. The van der Waals surface area contributed by atoms with E-state index in [-0.39, 0.29) is 33.2 Å². The van der Waals surface area contributed by atoms with Crippen molar-refractivity contribution in [3.05, 3.63) is 0 Å². The summed E-state index contributed by atoms with van der Waals surface area (Å²) in [6, 6.07) is 0. The van der Waals surface area contributed by atoms with E-state index in [0.29, 0.717) is 5.92 Å². The number of carboxylic acids is 1. The molecule has 3 atom stereocenters. The first-order valence-electron chi connectivity index (χ1n) is 4.34. The number of aliphatic carboxylic acids is 1. The van der Waals surface area contributed by atoms with Gasteiger partial charge in [-0.3, -0.25) is 4.79 Å². The summed E-state index contributed by atoms with van der Waals surface area (Å²) in [6.07, 6.45) is 3.04. The Kier molecular flexibility index (Phi) is 5.36. The van der Waals surface area contributed by atoms with Gasteiger partial charge < -0.3 is 5.11 Å². The van der Waals surface area contributed by atoms with Crippen LogP contribution >= 0.6 is 0 Å². The Morgan fingerprint density at radius 3 is 2.33 bits per heavy atom. The van der Waals surface area contributed by atoms with Gasteiger partial charge in [0.2, 0.25) is 0 Å². The van der Waals surface area contributed by atoms with Crippen LogP contribution in [0.4, 0.5) is 0 Å². The third kappa shape index (κ3) is 3.03. The SMILES string of the molecule is CC1CCC(C(=O)O)C(C)C1.[Cd]. The molecule has 3 unspecified atom stereocenters. The molecule has 0 aromatic carbocycles.